The van der Waals surface area contributed by atoms with Crippen LogP contribution in [0.1, 0.15) is 23.8 Å². The van der Waals surface area contributed by atoms with Gasteiger partial charge in [-0.05, 0) is 36.6 Å². The van der Waals surface area contributed by atoms with Gasteiger partial charge in [0.1, 0.15) is 0 Å². The summed E-state index contributed by atoms with van der Waals surface area (Å²) in [6.07, 6.45) is 2.38. The van der Waals surface area contributed by atoms with E-state index in [-0.39, 0.29) is 0 Å². The van der Waals surface area contributed by atoms with Crippen LogP contribution in [0.2, 0.25) is 0 Å². The van der Waals surface area contributed by atoms with Crippen LogP contribution in [0, 0.1) is 0 Å². The maximum Gasteiger partial charge on any atom is 0.163 e. The van der Waals surface area contributed by atoms with Gasteiger partial charge in [0.15, 0.2) is 11.5 Å². The van der Waals surface area contributed by atoms with E-state index in [2.05, 4.69) is 4.98 Å². The van der Waals surface area contributed by atoms with Crippen LogP contribution in [0.25, 0.3) is 0 Å². The molecular formula is C16H19NO3. The molecule has 1 aromatic heterocycles. The second-order valence-corrected chi connectivity index (χ2v) is 4.46. The number of nitrogens with zero attached hydrogens (tertiary/aromatic N) is 1. The zero-order valence-electron chi connectivity index (χ0n) is 11.7. The Labute approximate surface area is 119 Å². The molecule has 4 nitrogen and oxygen atoms in total. The summed E-state index contributed by atoms with van der Waals surface area (Å²) < 4.78 is 10.7. The second kappa shape index (κ2) is 6.91. The van der Waals surface area contributed by atoms with E-state index in [0.717, 1.165) is 11.3 Å². The Balaban J connectivity index is 2.07. The summed E-state index contributed by atoms with van der Waals surface area (Å²) in [6.45, 7) is 0. The summed E-state index contributed by atoms with van der Waals surface area (Å²) in [6, 6.07) is 11.3. The highest BCUT2D eigenvalue weighted by molar-refractivity contribution is 5.46. The highest BCUT2D eigenvalue weighted by atomic mass is 16.5. The van der Waals surface area contributed by atoms with Gasteiger partial charge in [-0.3, -0.25) is 4.98 Å². The first-order chi connectivity index (χ1) is 9.76. The zero-order chi connectivity index (χ0) is 14.4. The monoisotopic (exact) mass is 273 g/mol. The van der Waals surface area contributed by atoms with Crippen molar-refractivity contribution in [2.24, 2.45) is 0 Å². The minimum absolute atomic E-state index is 0.577. The molecule has 0 aliphatic heterocycles. The SMILES string of the molecule is COc1cccc(CC[C@H](O)c2ccccn2)c1OC. The van der Waals surface area contributed by atoms with E-state index in [1.807, 2.05) is 36.4 Å². The third-order valence-electron chi connectivity index (χ3n) is 3.20. The molecule has 0 fully saturated rings. The first kappa shape index (κ1) is 14.3. The van der Waals surface area contributed by atoms with Crippen LogP contribution in [-0.4, -0.2) is 24.3 Å². The molecule has 0 saturated heterocycles. The molecule has 20 heavy (non-hydrogen) atoms. The molecule has 2 rings (SSSR count). The highest BCUT2D eigenvalue weighted by Crippen LogP contribution is 2.32. The number of aromatic nitrogens is 1. The molecule has 0 spiro atoms. The Bertz CT molecular complexity index is 543. The molecule has 0 aliphatic carbocycles. The van der Waals surface area contributed by atoms with Gasteiger partial charge < -0.3 is 14.6 Å². The van der Waals surface area contributed by atoms with E-state index in [1.165, 1.54) is 0 Å². The number of aryl methyl sites for hydroxylation is 1. The molecule has 2 aromatic rings. The fraction of sp³-hybridized carbons (Fsp3) is 0.312. The Morgan fingerprint density at radius 1 is 1.10 bits per heavy atom. The van der Waals surface area contributed by atoms with Gasteiger partial charge >= 0.3 is 0 Å². The molecule has 0 aliphatic rings. The van der Waals surface area contributed by atoms with Crippen LogP contribution >= 0.6 is 0 Å². The highest BCUT2D eigenvalue weighted by Gasteiger charge is 2.13. The minimum atomic E-state index is -0.577. The molecule has 4 heteroatoms. The summed E-state index contributed by atoms with van der Waals surface area (Å²) in [5.41, 5.74) is 1.70. The number of ether oxygens (including phenoxy) is 2. The van der Waals surface area contributed by atoms with Crippen LogP contribution in [0.5, 0.6) is 11.5 Å². The third kappa shape index (κ3) is 3.27. The number of aliphatic hydroxyl groups excluding tert-OH is 1. The van der Waals surface area contributed by atoms with Crippen LogP contribution in [0.3, 0.4) is 0 Å². The van der Waals surface area contributed by atoms with Crippen LogP contribution in [0.15, 0.2) is 42.6 Å². The van der Waals surface area contributed by atoms with Crippen molar-refractivity contribution in [2.45, 2.75) is 18.9 Å². The molecule has 0 amide bonds. The Morgan fingerprint density at radius 2 is 1.95 bits per heavy atom. The number of hydrogen-bond acceptors (Lipinski definition) is 4. The predicted octanol–water partition coefficient (Wildman–Crippen LogP) is 2.77. The van der Waals surface area contributed by atoms with Gasteiger partial charge in [-0.2, -0.15) is 0 Å². The van der Waals surface area contributed by atoms with Crippen molar-refractivity contribution in [1.29, 1.82) is 0 Å². The van der Waals surface area contributed by atoms with Gasteiger partial charge in [-0.25, -0.2) is 0 Å². The maximum absolute atomic E-state index is 10.1. The molecule has 1 N–H and O–H groups in total. The summed E-state index contributed by atoms with van der Waals surface area (Å²) in [4.78, 5) is 4.16. The molecule has 0 saturated carbocycles. The number of aliphatic hydroxyl groups is 1. The van der Waals surface area contributed by atoms with Gasteiger partial charge in [-0.15, -0.1) is 0 Å². The first-order valence-electron chi connectivity index (χ1n) is 6.55. The van der Waals surface area contributed by atoms with Crippen molar-refractivity contribution >= 4 is 0 Å². The summed E-state index contributed by atoms with van der Waals surface area (Å²) in [7, 11) is 3.24. The van der Waals surface area contributed by atoms with Gasteiger partial charge in [0.2, 0.25) is 0 Å². The van der Waals surface area contributed by atoms with E-state index < -0.39 is 6.10 Å². The van der Waals surface area contributed by atoms with Crippen molar-refractivity contribution in [3.05, 3.63) is 53.9 Å². The lowest BCUT2D eigenvalue weighted by Crippen LogP contribution is -2.03. The maximum atomic E-state index is 10.1. The number of rotatable bonds is 6. The number of hydrogen-bond donors (Lipinski definition) is 1. The molecule has 1 aromatic carbocycles. The van der Waals surface area contributed by atoms with Gasteiger partial charge in [0.25, 0.3) is 0 Å². The number of para-hydroxylation sites is 1. The lowest BCUT2D eigenvalue weighted by molar-refractivity contribution is 0.162. The van der Waals surface area contributed by atoms with E-state index >= 15 is 0 Å². The number of methoxy groups -OCH3 is 2. The van der Waals surface area contributed by atoms with E-state index in [1.54, 1.807) is 20.4 Å². The Hall–Kier alpha value is -2.07. The molecule has 0 radical (unpaired) electrons. The first-order valence-corrected chi connectivity index (χ1v) is 6.55. The lowest BCUT2D eigenvalue weighted by Gasteiger charge is -2.14. The number of benzene rings is 1. The summed E-state index contributed by atoms with van der Waals surface area (Å²) in [5.74, 6) is 1.43. The molecule has 1 atom stereocenters. The van der Waals surface area contributed by atoms with Crippen molar-refractivity contribution in [3.8, 4) is 11.5 Å². The molecular weight excluding hydrogens is 254 g/mol. The number of pyridine rings is 1. The van der Waals surface area contributed by atoms with Crippen molar-refractivity contribution in [1.82, 2.24) is 4.98 Å². The standard InChI is InChI=1S/C16H19NO3/c1-19-15-8-5-6-12(16(15)20-2)9-10-14(18)13-7-3-4-11-17-13/h3-8,11,14,18H,9-10H2,1-2H3/t14-/m0/s1. The van der Waals surface area contributed by atoms with E-state index in [9.17, 15) is 5.11 Å². The van der Waals surface area contributed by atoms with E-state index in [4.69, 9.17) is 9.47 Å². The lowest BCUT2D eigenvalue weighted by atomic mass is 10.0. The van der Waals surface area contributed by atoms with Gasteiger partial charge in [-0.1, -0.05) is 18.2 Å². The van der Waals surface area contributed by atoms with Crippen molar-refractivity contribution in [2.75, 3.05) is 14.2 Å². The second-order valence-electron chi connectivity index (χ2n) is 4.46. The van der Waals surface area contributed by atoms with Crippen LogP contribution in [0.4, 0.5) is 0 Å². The summed E-state index contributed by atoms with van der Waals surface area (Å²) in [5, 5.41) is 10.1. The third-order valence-corrected chi connectivity index (χ3v) is 3.20. The van der Waals surface area contributed by atoms with E-state index in [0.29, 0.717) is 24.3 Å². The minimum Gasteiger partial charge on any atom is -0.493 e. The average molecular weight is 273 g/mol. The van der Waals surface area contributed by atoms with Crippen LogP contribution < -0.4 is 9.47 Å². The smallest absolute Gasteiger partial charge is 0.163 e. The Kier molecular flexibility index (Phi) is 4.96. The summed E-state index contributed by atoms with van der Waals surface area (Å²) >= 11 is 0. The molecule has 106 valence electrons. The van der Waals surface area contributed by atoms with Crippen molar-refractivity contribution in [3.63, 3.8) is 0 Å². The average Bonchev–Trinajstić information content (AvgIpc) is 2.52. The topological polar surface area (TPSA) is 51.6 Å². The Morgan fingerprint density at radius 3 is 2.60 bits per heavy atom. The molecule has 0 unspecified atom stereocenters. The van der Waals surface area contributed by atoms with Crippen molar-refractivity contribution < 1.29 is 14.6 Å². The quantitative estimate of drug-likeness (QED) is 0.879. The molecule has 1 heterocycles. The van der Waals surface area contributed by atoms with Crippen LogP contribution in [-0.2, 0) is 6.42 Å². The predicted molar refractivity (Wildman–Crippen MR) is 77.1 cm³/mol. The fourth-order valence-electron chi connectivity index (χ4n) is 2.16. The normalized spacial score (nSPS) is 11.9. The largest absolute Gasteiger partial charge is 0.493 e. The zero-order valence-corrected chi connectivity index (χ0v) is 11.7. The fourth-order valence-corrected chi connectivity index (χ4v) is 2.16. The van der Waals surface area contributed by atoms with Gasteiger partial charge in [0.05, 0.1) is 26.0 Å². The van der Waals surface area contributed by atoms with Gasteiger partial charge in [0, 0.05) is 6.20 Å². The molecule has 0 bridgehead atoms.